The Morgan fingerprint density at radius 3 is 2.54 bits per heavy atom. The van der Waals surface area contributed by atoms with Crippen molar-refractivity contribution in [1.82, 2.24) is 5.16 Å². The number of aromatic nitrogens is 1. The lowest BCUT2D eigenvalue weighted by Gasteiger charge is -2.16. The van der Waals surface area contributed by atoms with Crippen molar-refractivity contribution in [2.75, 3.05) is 5.32 Å². The number of rotatable bonds is 5. The highest BCUT2D eigenvalue weighted by atomic mass is 16.5. The van der Waals surface area contributed by atoms with Gasteiger partial charge in [0.05, 0.1) is 6.42 Å². The summed E-state index contributed by atoms with van der Waals surface area (Å²) in [7, 11) is 0. The molecule has 3 aromatic rings. The van der Waals surface area contributed by atoms with E-state index in [4.69, 9.17) is 9.26 Å². The maximum atomic E-state index is 12.3. The first-order chi connectivity index (χ1) is 12.5. The summed E-state index contributed by atoms with van der Waals surface area (Å²) in [5.41, 5.74) is 3.74. The van der Waals surface area contributed by atoms with Crippen molar-refractivity contribution in [3.63, 3.8) is 0 Å². The van der Waals surface area contributed by atoms with Gasteiger partial charge in [-0.1, -0.05) is 35.5 Å². The molecule has 6 nitrogen and oxygen atoms in total. The molecular weight excluding hydrogens is 332 g/mol. The zero-order valence-electron chi connectivity index (χ0n) is 14.9. The van der Waals surface area contributed by atoms with Gasteiger partial charge in [0.25, 0.3) is 5.91 Å². The Kier molecular flexibility index (Phi) is 5.02. The molecule has 1 atom stereocenters. The standard InChI is InChI=1S/C20H20N2O4/c1-12-7-6-8-13(2)19(12)21-20(24)14(3)25-18(23)11-16-15-9-4-5-10-17(15)26-22-16/h4-10,14H,11H2,1-3H3,(H,21,24)/t14-/m0/s1. The molecule has 2 aromatic carbocycles. The molecule has 3 rings (SSSR count). The summed E-state index contributed by atoms with van der Waals surface area (Å²) in [5, 5.41) is 7.48. The quantitative estimate of drug-likeness (QED) is 0.710. The number of nitrogens with one attached hydrogen (secondary N) is 1. The number of ether oxygens (including phenoxy) is 1. The van der Waals surface area contributed by atoms with E-state index in [1.807, 2.05) is 50.2 Å². The predicted molar refractivity (Wildman–Crippen MR) is 97.8 cm³/mol. The van der Waals surface area contributed by atoms with Crippen LogP contribution in [0.4, 0.5) is 5.69 Å². The Hall–Kier alpha value is -3.15. The van der Waals surface area contributed by atoms with E-state index in [0.29, 0.717) is 11.3 Å². The number of hydrogen-bond donors (Lipinski definition) is 1. The lowest BCUT2D eigenvalue weighted by Crippen LogP contribution is -2.31. The fourth-order valence-corrected chi connectivity index (χ4v) is 2.73. The maximum absolute atomic E-state index is 12.3. The fourth-order valence-electron chi connectivity index (χ4n) is 2.73. The Labute approximate surface area is 151 Å². The first-order valence-electron chi connectivity index (χ1n) is 8.35. The average Bonchev–Trinajstić information content (AvgIpc) is 3.01. The molecule has 0 spiro atoms. The van der Waals surface area contributed by atoms with E-state index < -0.39 is 12.1 Å². The molecule has 0 aliphatic carbocycles. The van der Waals surface area contributed by atoms with Crippen LogP contribution in [0.25, 0.3) is 11.0 Å². The molecule has 1 heterocycles. The lowest BCUT2D eigenvalue weighted by molar-refractivity contribution is -0.152. The summed E-state index contributed by atoms with van der Waals surface area (Å²) in [4.78, 5) is 24.5. The summed E-state index contributed by atoms with van der Waals surface area (Å²) in [6, 6.07) is 13.0. The molecular formula is C20H20N2O4. The van der Waals surface area contributed by atoms with E-state index >= 15 is 0 Å². The Balaban J connectivity index is 1.63. The highest BCUT2D eigenvalue weighted by Gasteiger charge is 2.21. The first-order valence-corrected chi connectivity index (χ1v) is 8.35. The van der Waals surface area contributed by atoms with Crippen LogP contribution in [-0.2, 0) is 20.7 Å². The number of anilines is 1. The average molecular weight is 352 g/mol. The summed E-state index contributed by atoms with van der Waals surface area (Å²) in [6.45, 7) is 5.37. The number of amides is 1. The molecule has 1 amide bonds. The van der Waals surface area contributed by atoms with E-state index in [1.165, 1.54) is 0 Å². The molecule has 0 aliphatic rings. The van der Waals surface area contributed by atoms with E-state index in [2.05, 4.69) is 10.5 Å². The number of para-hydroxylation sites is 2. The van der Waals surface area contributed by atoms with E-state index in [-0.39, 0.29) is 12.3 Å². The van der Waals surface area contributed by atoms with Gasteiger partial charge in [0.2, 0.25) is 0 Å². The van der Waals surface area contributed by atoms with E-state index in [9.17, 15) is 9.59 Å². The lowest BCUT2D eigenvalue weighted by atomic mass is 10.1. The summed E-state index contributed by atoms with van der Waals surface area (Å²) >= 11 is 0. The molecule has 134 valence electrons. The number of aryl methyl sites for hydroxylation is 2. The minimum atomic E-state index is -0.917. The number of fused-ring (bicyclic) bond motifs is 1. The molecule has 0 saturated heterocycles. The second-order valence-electron chi connectivity index (χ2n) is 6.19. The number of carbonyl (C=O) groups is 2. The van der Waals surface area contributed by atoms with Crippen LogP contribution in [0.5, 0.6) is 0 Å². The van der Waals surface area contributed by atoms with Gasteiger partial charge in [-0.15, -0.1) is 0 Å². The van der Waals surface area contributed by atoms with Gasteiger partial charge in [0.15, 0.2) is 11.7 Å². The predicted octanol–water partition coefficient (Wildman–Crippen LogP) is 3.56. The molecule has 0 bridgehead atoms. The van der Waals surface area contributed by atoms with Crippen molar-refractivity contribution in [1.29, 1.82) is 0 Å². The van der Waals surface area contributed by atoms with Gasteiger partial charge in [-0.3, -0.25) is 9.59 Å². The third-order valence-electron chi connectivity index (χ3n) is 4.17. The Bertz CT molecular complexity index is 941. The molecule has 1 aromatic heterocycles. The van der Waals surface area contributed by atoms with Crippen LogP contribution in [0, 0.1) is 13.8 Å². The van der Waals surface area contributed by atoms with Crippen molar-refractivity contribution in [3.8, 4) is 0 Å². The van der Waals surface area contributed by atoms with Gasteiger partial charge in [-0.2, -0.15) is 0 Å². The minimum Gasteiger partial charge on any atom is -0.452 e. The molecule has 6 heteroatoms. The van der Waals surface area contributed by atoms with Gasteiger partial charge in [-0.05, 0) is 44.0 Å². The van der Waals surface area contributed by atoms with Gasteiger partial charge in [-0.25, -0.2) is 0 Å². The molecule has 0 saturated carbocycles. The van der Waals surface area contributed by atoms with E-state index in [0.717, 1.165) is 22.2 Å². The molecule has 0 radical (unpaired) electrons. The topological polar surface area (TPSA) is 81.4 Å². The Morgan fingerprint density at radius 1 is 1.12 bits per heavy atom. The molecule has 26 heavy (non-hydrogen) atoms. The van der Waals surface area contributed by atoms with E-state index in [1.54, 1.807) is 13.0 Å². The number of hydrogen-bond acceptors (Lipinski definition) is 5. The molecule has 0 aliphatic heterocycles. The van der Waals surface area contributed by atoms with Crippen LogP contribution in [-0.4, -0.2) is 23.1 Å². The fraction of sp³-hybridized carbons (Fsp3) is 0.250. The monoisotopic (exact) mass is 352 g/mol. The van der Waals surface area contributed by atoms with Crippen molar-refractivity contribution < 1.29 is 18.8 Å². The highest BCUT2D eigenvalue weighted by Crippen LogP contribution is 2.20. The van der Waals surface area contributed by atoms with Crippen LogP contribution in [0.3, 0.4) is 0 Å². The maximum Gasteiger partial charge on any atom is 0.312 e. The summed E-state index contributed by atoms with van der Waals surface area (Å²) in [6.07, 6.45) is -0.974. The van der Waals surface area contributed by atoms with Crippen LogP contribution in [0.2, 0.25) is 0 Å². The normalized spacial score (nSPS) is 12.0. The van der Waals surface area contributed by atoms with Crippen molar-refractivity contribution in [3.05, 3.63) is 59.3 Å². The number of nitrogens with zero attached hydrogens (tertiary/aromatic N) is 1. The first kappa shape index (κ1) is 17.7. The zero-order valence-corrected chi connectivity index (χ0v) is 14.9. The van der Waals surface area contributed by atoms with Crippen LogP contribution < -0.4 is 5.32 Å². The van der Waals surface area contributed by atoms with Gasteiger partial charge < -0.3 is 14.6 Å². The van der Waals surface area contributed by atoms with Gasteiger partial charge in [0.1, 0.15) is 5.69 Å². The molecule has 0 fully saturated rings. The van der Waals surface area contributed by atoms with Crippen molar-refractivity contribution >= 4 is 28.5 Å². The highest BCUT2D eigenvalue weighted by molar-refractivity contribution is 5.96. The third-order valence-corrected chi connectivity index (χ3v) is 4.17. The summed E-state index contributed by atoms with van der Waals surface area (Å²) < 4.78 is 10.4. The largest absolute Gasteiger partial charge is 0.452 e. The molecule has 0 unspecified atom stereocenters. The van der Waals surface area contributed by atoms with Gasteiger partial charge in [0, 0.05) is 11.1 Å². The SMILES string of the molecule is Cc1cccc(C)c1NC(=O)[C@H](C)OC(=O)Cc1noc2ccccc12. The van der Waals surface area contributed by atoms with Gasteiger partial charge >= 0.3 is 5.97 Å². The Morgan fingerprint density at radius 2 is 1.81 bits per heavy atom. The molecule has 1 N–H and O–H groups in total. The third kappa shape index (κ3) is 3.74. The van der Waals surface area contributed by atoms with Crippen LogP contribution in [0.15, 0.2) is 47.0 Å². The number of carbonyl (C=O) groups excluding carboxylic acids is 2. The van der Waals surface area contributed by atoms with Crippen molar-refractivity contribution in [2.24, 2.45) is 0 Å². The summed E-state index contributed by atoms with van der Waals surface area (Å²) in [5.74, 6) is -0.908. The minimum absolute atomic E-state index is 0.0575. The smallest absolute Gasteiger partial charge is 0.312 e. The second kappa shape index (κ2) is 7.39. The van der Waals surface area contributed by atoms with Crippen LogP contribution in [0.1, 0.15) is 23.7 Å². The van der Waals surface area contributed by atoms with Crippen molar-refractivity contribution in [2.45, 2.75) is 33.3 Å². The number of esters is 1. The van der Waals surface area contributed by atoms with Crippen LogP contribution >= 0.6 is 0 Å². The zero-order chi connectivity index (χ0) is 18.7. The second-order valence-corrected chi connectivity index (χ2v) is 6.19. The number of benzene rings is 2.